The zero-order chi connectivity index (χ0) is 12.5. The van der Waals surface area contributed by atoms with E-state index in [9.17, 15) is 4.79 Å². The standard InChI is InChI=1S/C12H14ClN3O2/c13-8-3-10-11(18-6-12(17)16-10)4-9(8)15-7-1-2-14-5-7/h3-4,7,14-15H,1-2,5-6H2,(H,16,17). The van der Waals surface area contributed by atoms with Crippen LogP contribution in [-0.2, 0) is 4.79 Å². The number of carbonyl (C=O) groups excluding carboxylic acids is 1. The summed E-state index contributed by atoms with van der Waals surface area (Å²) in [5.41, 5.74) is 1.48. The summed E-state index contributed by atoms with van der Waals surface area (Å²) in [4.78, 5) is 11.2. The molecule has 3 N–H and O–H groups in total. The minimum atomic E-state index is -0.153. The molecule has 0 saturated carbocycles. The van der Waals surface area contributed by atoms with Gasteiger partial charge in [-0.25, -0.2) is 0 Å². The zero-order valence-electron chi connectivity index (χ0n) is 9.75. The Balaban J connectivity index is 1.84. The third-order valence-electron chi connectivity index (χ3n) is 3.12. The topological polar surface area (TPSA) is 62.4 Å². The Kier molecular flexibility index (Phi) is 3.01. The van der Waals surface area contributed by atoms with Crippen molar-refractivity contribution in [3.63, 3.8) is 0 Å². The highest BCUT2D eigenvalue weighted by Gasteiger charge is 2.20. The maximum absolute atomic E-state index is 11.2. The van der Waals surface area contributed by atoms with Crippen LogP contribution in [0.5, 0.6) is 5.75 Å². The van der Waals surface area contributed by atoms with Crippen molar-refractivity contribution in [2.45, 2.75) is 12.5 Å². The molecule has 2 aliphatic rings. The van der Waals surface area contributed by atoms with Gasteiger partial charge in [0.15, 0.2) is 6.61 Å². The summed E-state index contributed by atoms with van der Waals surface area (Å²) in [6, 6.07) is 3.95. The summed E-state index contributed by atoms with van der Waals surface area (Å²) in [6.45, 7) is 2.01. The van der Waals surface area contributed by atoms with Crippen molar-refractivity contribution < 1.29 is 9.53 Å². The molecule has 1 unspecified atom stereocenters. The van der Waals surface area contributed by atoms with Gasteiger partial charge in [-0.1, -0.05) is 11.6 Å². The van der Waals surface area contributed by atoms with Crippen LogP contribution in [0, 0.1) is 0 Å². The van der Waals surface area contributed by atoms with E-state index in [1.165, 1.54) is 0 Å². The van der Waals surface area contributed by atoms with Gasteiger partial charge in [0.25, 0.3) is 5.91 Å². The van der Waals surface area contributed by atoms with Crippen LogP contribution in [0.3, 0.4) is 0 Å². The predicted octanol–water partition coefficient (Wildman–Crippen LogP) is 1.44. The van der Waals surface area contributed by atoms with Gasteiger partial charge in [-0.05, 0) is 19.0 Å². The fraction of sp³-hybridized carbons (Fsp3) is 0.417. The highest BCUT2D eigenvalue weighted by Crippen LogP contribution is 2.36. The van der Waals surface area contributed by atoms with Crippen LogP contribution in [0.4, 0.5) is 11.4 Å². The average molecular weight is 268 g/mol. The average Bonchev–Trinajstić information content (AvgIpc) is 2.83. The van der Waals surface area contributed by atoms with Crippen molar-refractivity contribution in [1.82, 2.24) is 5.32 Å². The summed E-state index contributed by atoms with van der Waals surface area (Å²) in [5.74, 6) is 0.506. The van der Waals surface area contributed by atoms with Gasteiger partial charge in [0, 0.05) is 18.7 Å². The predicted molar refractivity (Wildman–Crippen MR) is 70.5 cm³/mol. The van der Waals surface area contributed by atoms with Crippen molar-refractivity contribution >= 4 is 28.9 Å². The van der Waals surface area contributed by atoms with E-state index < -0.39 is 0 Å². The minimum Gasteiger partial charge on any atom is -0.482 e. The number of hydrogen-bond acceptors (Lipinski definition) is 4. The number of anilines is 2. The van der Waals surface area contributed by atoms with Crippen molar-refractivity contribution in [2.75, 3.05) is 30.3 Å². The lowest BCUT2D eigenvalue weighted by Crippen LogP contribution is -2.26. The Labute approximate surface area is 110 Å². The number of fused-ring (bicyclic) bond motifs is 1. The molecule has 6 heteroatoms. The van der Waals surface area contributed by atoms with E-state index in [1.54, 1.807) is 6.07 Å². The van der Waals surface area contributed by atoms with Crippen LogP contribution in [-0.4, -0.2) is 31.6 Å². The highest BCUT2D eigenvalue weighted by atomic mass is 35.5. The van der Waals surface area contributed by atoms with Crippen LogP contribution in [0.15, 0.2) is 12.1 Å². The Morgan fingerprint density at radius 1 is 1.44 bits per heavy atom. The number of benzene rings is 1. The summed E-state index contributed by atoms with van der Waals surface area (Å²) in [6.07, 6.45) is 1.07. The Morgan fingerprint density at radius 3 is 3.11 bits per heavy atom. The lowest BCUT2D eigenvalue weighted by atomic mass is 10.2. The van der Waals surface area contributed by atoms with E-state index in [1.807, 2.05) is 6.07 Å². The molecule has 96 valence electrons. The Morgan fingerprint density at radius 2 is 2.33 bits per heavy atom. The van der Waals surface area contributed by atoms with Crippen LogP contribution < -0.4 is 20.7 Å². The minimum absolute atomic E-state index is 0.0546. The Hall–Kier alpha value is -1.46. The first kappa shape index (κ1) is 11.6. The number of rotatable bonds is 2. The first-order chi connectivity index (χ1) is 8.72. The lowest BCUT2D eigenvalue weighted by molar-refractivity contribution is -0.118. The molecule has 5 nitrogen and oxygen atoms in total. The summed E-state index contributed by atoms with van der Waals surface area (Å²) < 4.78 is 5.37. The fourth-order valence-corrected chi connectivity index (χ4v) is 2.43. The molecular formula is C12H14ClN3O2. The molecule has 2 aliphatic heterocycles. The fourth-order valence-electron chi connectivity index (χ4n) is 2.21. The van der Waals surface area contributed by atoms with Gasteiger partial charge in [0.2, 0.25) is 0 Å². The van der Waals surface area contributed by atoms with Crippen molar-refractivity contribution in [3.05, 3.63) is 17.2 Å². The molecule has 1 atom stereocenters. The first-order valence-corrected chi connectivity index (χ1v) is 6.33. The van der Waals surface area contributed by atoms with Gasteiger partial charge in [-0.2, -0.15) is 0 Å². The number of carbonyl (C=O) groups is 1. The van der Waals surface area contributed by atoms with Gasteiger partial charge < -0.3 is 20.7 Å². The van der Waals surface area contributed by atoms with E-state index in [4.69, 9.17) is 16.3 Å². The maximum atomic E-state index is 11.2. The summed E-state index contributed by atoms with van der Waals surface area (Å²) >= 11 is 6.20. The summed E-state index contributed by atoms with van der Waals surface area (Å²) in [5, 5.41) is 9.99. The lowest BCUT2D eigenvalue weighted by Gasteiger charge is -2.21. The maximum Gasteiger partial charge on any atom is 0.262 e. The van der Waals surface area contributed by atoms with Gasteiger partial charge in [-0.3, -0.25) is 4.79 Å². The molecule has 1 aromatic rings. The number of nitrogens with one attached hydrogen (secondary N) is 3. The Bertz CT molecular complexity index is 486. The largest absolute Gasteiger partial charge is 0.482 e. The van der Waals surface area contributed by atoms with Gasteiger partial charge in [0.1, 0.15) is 5.75 Å². The third-order valence-corrected chi connectivity index (χ3v) is 3.43. The molecule has 1 amide bonds. The molecule has 3 rings (SSSR count). The monoisotopic (exact) mass is 267 g/mol. The second-order valence-corrected chi connectivity index (χ2v) is 4.91. The second kappa shape index (κ2) is 4.66. The second-order valence-electron chi connectivity index (χ2n) is 4.50. The van der Waals surface area contributed by atoms with Crippen LogP contribution >= 0.6 is 11.6 Å². The summed E-state index contributed by atoms with van der Waals surface area (Å²) in [7, 11) is 0. The molecule has 0 spiro atoms. The molecular weight excluding hydrogens is 254 g/mol. The smallest absolute Gasteiger partial charge is 0.262 e. The number of amides is 1. The van der Waals surface area contributed by atoms with Crippen molar-refractivity contribution in [2.24, 2.45) is 0 Å². The molecule has 0 aromatic heterocycles. The van der Waals surface area contributed by atoms with E-state index in [0.29, 0.717) is 22.5 Å². The quantitative estimate of drug-likeness (QED) is 0.759. The van der Waals surface area contributed by atoms with Gasteiger partial charge >= 0.3 is 0 Å². The molecule has 1 saturated heterocycles. The number of hydrogen-bond donors (Lipinski definition) is 3. The van der Waals surface area contributed by atoms with Crippen molar-refractivity contribution in [1.29, 1.82) is 0 Å². The normalized spacial score (nSPS) is 22.1. The van der Waals surface area contributed by atoms with E-state index in [-0.39, 0.29) is 12.5 Å². The van der Waals surface area contributed by atoms with Crippen LogP contribution in [0.1, 0.15) is 6.42 Å². The molecule has 1 aromatic carbocycles. The van der Waals surface area contributed by atoms with E-state index in [0.717, 1.165) is 25.2 Å². The molecule has 2 heterocycles. The number of halogens is 1. The molecule has 0 radical (unpaired) electrons. The zero-order valence-corrected chi connectivity index (χ0v) is 10.5. The van der Waals surface area contributed by atoms with E-state index >= 15 is 0 Å². The van der Waals surface area contributed by atoms with Gasteiger partial charge in [-0.15, -0.1) is 0 Å². The third kappa shape index (κ3) is 2.23. The van der Waals surface area contributed by atoms with Crippen LogP contribution in [0.25, 0.3) is 0 Å². The molecule has 0 aliphatic carbocycles. The molecule has 1 fully saturated rings. The van der Waals surface area contributed by atoms with Crippen LogP contribution in [0.2, 0.25) is 5.02 Å². The molecule has 0 bridgehead atoms. The number of ether oxygens (including phenoxy) is 1. The first-order valence-electron chi connectivity index (χ1n) is 5.96. The van der Waals surface area contributed by atoms with Crippen molar-refractivity contribution in [3.8, 4) is 5.75 Å². The van der Waals surface area contributed by atoms with Gasteiger partial charge in [0.05, 0.1) is 16.4 Å². The van der Waals surface area contributed by atoms with E-state index in [2.05, 4.69) is 16.0 Å². The SMILES string of the molecule is O=C1COc2cc(NC3CCNC3)c(Cl)cc2N1. The molecule has 18 heavy (non-hydrogen) atoms. The highest BCUT2D eigenvalue weighted by molar-refractivity contribution is 6.33.